The van der Waals surface area contributed by atoms with E-state index >= 15 is 0 Å². The zero-order valence-corrected chi connectivity index (χ0v) is 4.53. The number of hydrogen-bond donors (Lipinski definition) is 1. The van der Waals surface area contributed by atoms with E-state index in [2.05, 4.69) is 10.8 Å². The minimum Gasteiger partial charge on any atom is -0.263 e. The lowest BCUT2D eigenvalue weighted by atomic mass is 10.3. The fourth-order valence-corrected chi connectivity index (χ4v) is 1.04. The molecule has 2 nitrogen and oxygen atoms in total. The molecule has 1 rings (SSSR count). The maximum Gasteiger partial charge on any atom is 0.110 e. The number of nitriles is 1. The minimum atomic E-state index is 0.0833. The van der Waals surface area contributed by atoms with Gasteiger partial charge in [-0.15, -0.1) is 0 Å². The highest BCUT2D eigenvalue weighted by Gasteiger charge is 2.13. The van der Waals surface area contributed by atoms with Gasteiger partial charge in [-0.2, -0.15) is 5.26 Å². The van der Waals surface area contributed by atoms with E-state index in [0.29, 0.717) is 0 Å². The van der Waals surface area contributed by atoms with Crippen molar-refractivity contribution >= 4 is 11.9 Å². The lowest BCUT2D eigenvalue weighted by Gasteiger charge is -1.86. The van der Waals surface area contributed by atoms with Gasteiger partial charge in [0.2, 0.25) is 0 Å². The van der Waals surface area contributed by atoms with Gasteiger partial charge in [-0.25, -0.2) is 0 Å². The Morgan fingerprint density at radius 3 is 3.14 bits per heavy atom. The molecule has 3 heteroatoms. The molecule has 0 aliphatic carbocycles. The minimum absolute atomic E-state index is 0.0833. The predicted octanol–water partition coefficient (Wildman–Crippen LogP) is 0.334. The first kappa shape index (κ1) is 4.95. The van der Waals surface area contributed by atoms with Crippen LogP contribution in [0.15, 0.2) is 0 Å². The highest BCUT2D eigenvalue weighted by atomic mass is 32.2. The third-order valence-electron chi connectivity index (χ3n) is 0.753. The second-order valence-corrected chi connectivity index (χ2v) is 2.28. The van der Waals surface area contributed by atoms with Crippen molar-refractivity contribution in [3.8, 4) is 6.07 Å². The molecule has 0 aromatic heterocycles. The molecule has 1 aliphatic rings. The van der Waals surface area contributed by atoms with Crippen LogP contribution in [0.1, 0.15) is 0 Å². The fraction of sp³-hybridized carbons (Fsp3) is 0.500. The van der Waals surface area contributed by atoms with E-state index in [1.807, 2.05) is 6.42 Å². The zero-order valence-electron chi connectivity index (χ0n) is 3.72. The summed E-state index contributed by atoms with van der Waals surface area (Å²) in [6.07, 6.45) is 1.95. The lowest BCUT2D eigenvalue weighted by Crippen LogP contribution is -1.92. The molecule has 1 atom stereocenters. The zero-order chi connectivity index (χ0) is 5.11. The van der Waals surface area contributed by atoms with Crippen LogP contribution in [0.4, 0.5) is 0 Å². The van der Waals surface area contributed by atoms with Crippen LogP contribution in [0, 0.1) is 17.8 Å². The van der Waals surface area contributed by atoms with Crippen molar-refractivity contribution in [1.29, 1.82) is 5.26 Å². The molecule has 0 aromatic carbocycles. The summed E-state index contributed by atoms with van der Waals surface area (Å²) < 4.78 is 2.96. The van der Waals surface area contributed by atoms with Gasteiger partial charge in [0.1, 0.15) is 5.25 Å². The Bertz CT molecular complexity index is 90.4. The summed E-state index contributed by atoms with van der Waals surface area (Å²) in [5, 5.41) is 8.31. The number of nitrogens with zero attached hydrogens (tertiary/aromatic N) is 1. The van der Waals surface area contributed by atoms with Crippen LogP contribution in [0.25, 0.3) is 0 Å². The van der Waals surface area contributed by atoms with Crippen LogP contribution >= 0.6 is 11.9 Å². The summed E-state index contributed by atoms with van der Waals surface area (Å²) >= 11 is 1.48. The Labute approximate surface area is 47.0 Å². The molecule has 1 heterocycles. The maximum absolute atomic E-state index is 8.22. The van der Waals surface area contributed by atoms with E-state index in [0.717, 1.165) is 6.54 Å². The lowest BCUT2D eigenvalue weighted by molar-refractivity contribution is 1.08. The number of nitrogens with one attached hydrogen (secondary N) is 1. The van der Waals surface area contributed by atoms with Crippen molar-refractivity contribution in [2.24, 2.45) is 0 Å². The standard InChI is InChI=1S/C4H5N2S/c5-3-4-1-2-6-7-4/h1,4,6H,2H2. The largest absolute Gasteiger partial charge is 0.263 e. The van der Waals surface area contributed by atoms with Crippen LogP contribution in [-0.2, 0) is 0 Å². The quantitative estimate of drug-likeness (QED) is 0.460. The van der Waals surface area contributed by atoms with Gasteiger partial charge >= 0.3 is 0 Å². The van der Waals surface area contributed by atoms with Crippen molar-refractivity contribution in [2.45, 2.75) is 5.25 Å². The summed E-state index contributed by atoms with van der Waals surface area (Å²) in [6, 6.07) is 2.11. The van der Waals surface area contributed by atoms with Gasteiger partial charge < -0.3 is 0 Å². The van der Waals surface area contributed by atoms with Crippen LogP contribution in [0.2, 0.25) is 0 Å². The average molecular weight is 113 g/mol. The molecule has 0 aromatic rings. The molecule has 37 valence electrons. The van der Waals surface area contributed by atoms with E-state index in [1.54, 1.807) is 0 Å². The molecule has 1 N–H and O–H groups in total. The van der Waals surface area contributed by atoms with Gasteiger partial charge in [-0.1, -0.05) is 11.9 Å². The summed E-state index contributed by atoms with van der Waals surface area (Å²) in [6.45, 7) is 0.864. The summed E-state index contributed by atoms with van der Waals surface area (Å²) in [5.74, 6) is 0. The molecule has 7 heavy (non-hydrogen) atoms. The van der Waals surface area contributed by atoms with E-state index in [4.69, 9.17) is 5.26 Å². The highest BCUT2D eigenvalue weighted by Crippen LogP contribution is 2.14. The second kappa shape index (κ2) is 2.20. The van der Waals surface area contributed by atoms with Gasteiger partial charge in [0.05, 0.1) is 6.07 Å². The Kier molecular flexibility index (Phi) is 1.55. The monoisotopic (exact) mass is 113 g/mol. The molecule has 1 aliphatic heterocycles. The molecular weight excluding hydrogens is 108 g/mol. The van der Waals surface area contributed by atoms with Crippen molar-refractivity contribution in [2.75, 3.05) is 6.54 Å². The molecule has 1 fully saturated rings. The summed E-state index contributed by atoms with van der Waals surface area (Å²) in [4.78, 5) is 0. The van der Waals surface area contributed by atoms with E-state index in [9.17, 15) is 0 Å². The molecule has 0 amide bonds. The maximum atomic E-state index is 8.22. The Morgan fingerprint density at radius 1 is 2.00 bits per heavy atom. The van der Waals surface area contributed by atoms with Crippen molar-refractivity contribution < 1.29 is 0 Å². The molecule has 0 bridgehead atoms. The fourth-order valence-electron chi connectivity index (χ4n) is 0.420. The summed E-state index contributed by atoms with van der Waals surface area (Å²) in [7, 11) is 0. The molecule has 1 unspecified atom stereocenters. The third kappa shape index (κ3) is 1.08. The smallest absolute Gasteiger partial charge is 0.110 e. The number of hydrogen-bond acceptors (Lipinski definition) is 3. The average Bonchev–Trinajstić information content (AvgIpc) is 2.14. The first-order chi connectivity index (χ1) is 3.43. The van der Waals surface area contributed by atoms with Crippen molar-refractivity contribution in [1.82, 2.24) is 4.72 Å². The summed E-state index contributed by atoms with van der Waals surface area (Å²) in [5.41, 5.74) is 0. The molecule has 0 saturated carbocycles. The topological polar surface area (TPSA) is 35.8 Å². The Morgan fingerprint density at radius 2 is 2.86 bits per heavy atom. The van der Waals surface area contributed by atoms with Gasteiger partial charge in [0.25, 0.3) is 0 Å². The molecule has 1 radical (unpaired) electrons. The third-order valence-corrected chi connectivity index (χ3v) is 1.64. The van der Waals surface area contributed by atoms with Crippen LogP contribution in [0.3, 0.4) is 0 Å². The Hall–Kier alpha value is -0.200. The first-order valence-electron chi connectivity index (χ1n) is 2.05. The van der Waals surface area contributed by atoms with Crippen molar-refractivity contribution in [3.63, 3.8) is 0 Å². The van der Waals surface area contributed by atoms with Gasteiger partial charge in [-0.3, -0.25) is 4.72 Å². The molecule has 1 saturated heterocycles. The highest BCUT2D eigenvalue weighted by molar-refractivity contribution is 7.98. The molecule has 0 spiro atoms. The van der Waals surface area contributed by atoms with Crippen molar-refractivity contribution in [3.05, 3.63) is 6.42 Å². The number of rotatable bonds is 0. The van der Waals surface area contributed by atoms with E-state index < -0.39 is 0 Å². The normalized spacial score (nSPS) is 29.9. The SMILES string of the molecule is N#CC1[CH]CNS1. The van der Waals surface area contributed by atoms with Gasteiger partial charge in [0, 0.05) is 13.0 Å². The predicted molar refractivity (Wildman–Crippen MR) is 29.3 cm³/mol. The molecular formula is C4H5N2S. The second-order valence-electron chi connectivity index (χ2n) is 1.25. The Balaban J connectivity index is 2.31. The van der Waals surface area contributed by atoms with Crippen LogP contribution in [0.5, 0.6) is 0 Å². The van der Waals surface area contributed by atoms with E-state index in [1.165, 1.54) is 11.9 Å². The van der Waals surface area contributed by atoms with Gasteiger partial charge in [-0.05, 0) is 0 Å². The van der Waals surface area contributed by atoms with Crippen LogP contribution < -0.4 is 4.72 Å². The van der Waals surface area contributed by atoms with Gasteiger partial charge in [0.15, 0.2) is 0 Å². The van der Waals surface area contributed by atoms with Crippen LogP contribution in [-0.4, -0.2) is 11.8 Å². The first-order valence-corrected chi connectivity index (χ1v) is 2.93. The van der Waals surface area contributed by atoms with E-state index in [-0.39, 0.29) is 5.25 Å².